The standard InChI is InChI=1S/C14H18/c1-10-5-4-6-11(2)14(10)12(3)9-13-7-8-13/h4-6,13H,3,7-9H2,1-2H3. The maximum absolute atomic E-state index is 4.23. The molecule has 1 fully saturated rings. The third-order valence-corrected chi connectivity index (χ3v) is 3.07. The maximum atomic E-state index is 4.23. The Morgan fingerprint density at radius 1 is 1.29 bits per heavy atom. The van der Waals surface area contributed by atoms with Crippen LogP contribution in [-0.4, -0.2) is 0 Å². The van der Waals surface area contributed by atoms with Crippen molar-refractivity contribution in [3.05, 3.63) is 41.5 Å². The fourth-order valence-electron chi connectivity index (χ4n) is 2.14. The monoisotopic (exact) mass is 186 g/mol. The Morgan fingerprint density at radius 2 is 1.86 bits per heavy atom. The van der Waals surface area contributed by atoms with Gasteiger partial charge in [0.25, 0.3) is 0 Å². The summed E-state index contributed by atoms with van der Waals surface area (Å²) in [7, 11) is 0. The third-order valence-electron chi connectivity index (χ3n) is 3.07. The first-order valence-electron chi connectivity index (χ1n) is 5.43. The fourth-order valence-corrected chi connectivity index (χ4v) is 2.14. The van der Waals surface area contributed by atoms with Crippen molar-refractivity contribution < 1.29 is 0 Å². The lowest BCUT2D eigenvalue weighted by molar-refractivity contribution is 0.876. The number of aryl methyl sites for hydroxylation is 2. The molecular weight excluding hydrogens is 168 g/mol. The van der Waals surface area contributed by atoms with E-state index in [2.05, 4.69) is 38.6 Å². The molecule has 0 heteroatoms. The van der Waals surface area contributed by atoms with Gasteiger partial charge in [-0.15, -0.1) is 0 Å². The summed E-state index contributed by atoms with van der Waals surface area (Å²) in [6.07, 6.45) is 4.01. The molecule has 0 saturated heterocycles. The summed E-state index contributed by atoms with van der Waals surface area (Å²) in [5.74, 6) is 0.932. The molecule has 0 amide bonds. The SMILES string of the molecule is C=C(CC1CC1)c1c(C)cccc1C. The molecule has 1 aliphatic rings. The molecule has 1 saturated carbocycles. The molecule has 0 bridgehead atoms. The van der Waals surface area contributed by atoms with Crippen molar-refractivity contribution in [2.45, 2.75) is 33.1 Å². The predicted molar refractivity (Wildman–Crippen MR) is 62.3 cm³/mol. The molecule has 0 nitrogen and oxygen atoms in total. The van der Waals surface area contributed by atoms with E-state index >= 15 is 0 Å². The second-order valence-corrected chi connectivity index (χ2v) is 4.52. The lowest BCUT2D eigenvalue weighted by Gasteiger charge is -2.11. The molecule has 0 heterocycles. The molecule has 74 valence electrons. The van der Waals surface area contributed by atoms with Crippen LogP contribution < -0.4 is 0 Å². The molecule has 0 aromatic heterocycles. The van der Waals surface area contributed by atoms with Crippen LogP contribution in [-0.2, 0) is 0 Å². The molecule has 0 radical (unpaired) electrons. The quantitative estimate of drug-likeness (QED) is 0.666. The molecule has 0 atom stereocenters. The summed E-state index contributed by atoms with van der Waals surface area (Å²) >= 11 is 0. The normalized spacial score (nSPS) is 15.6. The van der Waals surface area contributed by atoms with Gasteiger partial charge in [-0.05, 0) is 61.3 Å². The molecule has 14 heavy (non-hydrogen) atoms. The Bertz CT molecular complexity index is 336. The van der Waals surface area contributed by atoms with Crippen LogP contribution in [0.5, 0.6) is 0 Å². The van der Waals surface area contributed by atoms with Crippen molar-refractivity contribution in [3.63, 3.8) is 0 Å². The van der Waals surface area contributed by atoms with Crippen LogP contribution in [0.1, 0.15) is 36.0 Å². The molecule has 2 rings (SSSR count). The highest BCUT2D eigenvalue weighted by Gasteiger charge is 2.23. The van der Waals surface area contributed by atoms with Gasteiger partial charge < -0.3 is 0 Å². The van der Waals surface area contributed by atoms with E-state index in [4.69, 9.17) is 0 Å². The average molecular weight is 186 g/mol. The Kier molecular flexibility index (Phi) is 2.45. The zero-order chi connectivity index (χ0) is 10.1. The van der Waals surface area contributed by atoms with Gasteiger partial charge in [-0.3, -0.25) is 0 Å². The Morgan fingerprint density at radius 3 is 2.36 bits per heavy atom. The van der Waals surface area contributed by atoms with Crippen molar-refractivity contribution >= 4 is 5.57 Å². The van der Waals surface area contributed by atoms with E-state index in [1.807, 2.05) is 0 Å². The highest BCUT2D eigenvalue weighted by Crippen LogP contribution is 2.38. The van der Waals surface area contributed by atoms with Crippen LogP contribution in [0.3, 0.4) is 0 Å². The minimum atomic E-state index is 0.932. The summed E-state index contributed by atoms with van der Waals surface area (Å²) in [6, 6.07) is 6.49. The van der Waals surface area contributed by atoms with Crippen LogP contribution >= 0.6 is 0 Å². The van der Waals surface area contributed by atoms with Gasteiger partial charge in [0.2, 0.25) is 0 Å². The highest BCUT2D eigenvalue weighted by molar-refractivity contribution is 5.69. The van der Waals surface area contributed by atoms with E-state index in [1.165, 1.54) is 41.5 Å². The lowest BCUT2D eigenvalue weighted by atomic mass is 9.93. The van der Waals surface area contributed by atoms with Crippen LogP contribution in [0.2, 0.25) is 0 Å². The minimum absolute atomic E-state index is 0.932. The summed E-state index contributed by atoms with van der Waals surface area (Å²) in [6.45, 7) is 8.59. The maximum Gasteiger partial charge on any atom is -0.0172 e. The predicted octanol–water partition coefficient (Wildman–Crippen LogP) is 4.12. The van der Waals surface area contributed by atoms with E-state index in [1.54, 1.807) is 0 Å². The van der Waals surface area contributed by atoms with Gasteiger partial charge in [-0.1, -0.05) is 24.8 Å². The van der Waals surface area contributed by atoms with Gasteiger partial charge in [-0.25, -0.2) is 0 Å². The Labute approximate surface area is 86.7 Å². The van der Waals surface area contributed by atoms with Crippen molar-refractivity contribution in [1.82, 2.24) is 0 Å². The van der Waals surface area contributed by atoms with Crippen molar-refractivity contribution in [2.75, 3.05) is 0 Å². The zero-order valence-corrected chi connectivity index (χ0v) is 9.14. The van der Waals surface area contributed by atoms with E-state index in [9.17, 15) is 0 Å². The topological polar surface area (TPSA) is 0 Å². The first-order valence-corrected chi connectivity index (χ1v) is 5.43. The molecule has 0 unspecified atom stereocenters. The minimum Gasteiger partial charge on any atom is -0.0952 e. The van der Waals surface area contributed by atoms with Crippen molar-refractivity contribution in [2.24, 2.45) is 5.92 Å². The summed E-state index contributed by atoms with van der Waals surface area (Å²) in [5.41, 5.74) is 5.48. The summed E-state index contributed by atoms with van der Waals surface area (Å²) < 4.78 is 0. The summed E-state index contributed by atoms with van der Waals surface area (Å²) in [5, 5.41) is 0. The number of hydrogen-bond donors (Lipinski definition) is 0. The smallest absolute Gasteiger partial charge is 0.0172 e. The van der Waals surface area contributed by atoms with E-state index in [-0.39, 0.29) is 0 Å². The zero-order valence-electron chi connectivity index (χ0n) is 9.14. The van der Waals surface area contributed by atoms with Gasteiger partial charge in [0, 0.05) is 0 Å². The third kappa shape index (κ3) is 1.89. The largest absolute Gasteiger partial charge is 0.0952 e. The first kappa shape index (κ1) is 9.51. The van der Waals surface area contributed by atoms with Gasteiger partial charge in [-0.2, -0.15) is 0 Å². The van der Waals surface area contributed by atoms with Gasteiger partial charge in [0.1, 0.15) is 0 Å². The van der Waals surface area contributed by atoms with Crippen LogP contribution in [0.15, 0.2) is 24.8 Å². The number of rotatable bonds is 3. The highest BCUT2D eigenvalue weighted by atomic mass is 14.3. The second-order valence-electron chi connectivity index (χ2n) is 4.52. The second kappa shape index (κ2) is 3.61. The lowest BCUT2D eigenvalue weighted by Crippen LogP contribution is -1.92. The van der Waals surface area contributed by atoms with Crippen LogP contribution in [0.25, 0.3) is 5.57 Å². The Hall–Kier alpha value is -1.04. The van der Waals surface area contributed by atoms with Crippen LogP contribution in [0.4, 0.5) is 0 Å². The molecule has 1 aliphatic carbocycles. The molecule has 1 aromatic rings. The van der Waals surface area contributed by atoms with E-state index in [0.717, 1.165) is 5.92 Å². The molecule has 0 N–H and O–H groups in total. The first-order chi connectivity index (χ1) is 6.68. The van der Waals surface area contributed by atoms with E-state index in [0.29, 0.717) is 0 Å². The molecule has 0 aliphatic heterocycles. The fraction of sp³-hybridized carbons (Fsp3) is 0.429. The molecular formula is C14H18. The number of benzene rings is 1. The van der Waals surface area contributed by atoms with E-state index < -0.39 is 0 Å². The van der Waals surface area contributed by atoms with Gasteiger partial charge in [0.05, 0.1) is 0 Å². The van der Waals surface area contributed by atoms with Crippen molar-refractivity contribution in [1.29, 1.82) is 0 Å². The average Bonchev–Trinajstić information content (AvgIpc) is 2.87. The number of allylic oxidation sites excluding steroid dienone is 1. The van der Waals surface area contributed by atoms with Gasteiger partial charge >= 0.3 is 0 Å². The Balaban J connectivity index is 2.24. The summed E-state index contributed by atoms with van der Waals surface area (Å²) in [4.78, 5) is 0. The van der Waals surface area contributed by atoms with Crippen molar-refractivity contribution in [3.8, 4) is 0 Å². The van der Waals surface area contributed by atoms with Gasteiger partial charge in [0.15, 0.2) is 0 Å². The molecule has 0 spiro atoms. The number of hydrogen-bond acceptors (Lipinski definition) is 0. The van der Waals surface area contributed by atoms with Crippen LogP contribution in [0, 0.1) is 19.8 Å². The molecule has 1 aromatic carbocycles.